The molecule has 1 aromatic carbocycles. The van der Waals surface area contributed by atoms with Crippen LogP contribution in [0.1, 0.15) is 31.7 Å². The van der Waals surface area contributed by atoms with E-state index in [1.165, 1.54) is 12.1 Å². The van der Waals surface area contributed by atoms with Gasteiger partial charge in [-0.05, 0) is 35.4 Å². The summed E-state index contributed by atoms with van der Waals surface area (Å²) < 4.78 is 26.1. The van der Waals surface area contributed by atoms with Gasteiger partial charge in [-0.15, -0.1) is 0 Å². The molecule has 3 heteroatoms. The summed E-state index contributed by atoms with van der Waals surface area (Å²) in [6.07, 6.45) is 0.801. The molecule has 15 heavy (non-hydrogen) atoms. The smallest absolute Gasteiger partial charge is 0.126 e. The highest BCUT2D eigenvalue weighted by Gasteiger charge is 2.46. The molecular weight excluding hydrogens is 196 g/mol. The molecule has 1 aliphatic rings. The van der Waals surface area contributed by atoms with Crippen molar-refractivity contribution >= 4 is 0 Å². The zero-order valence-corrected chi connectivity index (χ0v) is 8.93. The van der Waals surface area contributed by atoms with Crippen LogP contribution in [0.4, 0.5) is 8.78 Å². The minimum Gasteiger partial charge on any atom is -0.327 e. The van der Waals surface area contributed by atoms with Gasteiger partial charge in [0.1, 0.15) is 11.6 Å². The fourth-order valence-corrected chi connectivity index (χ4v) is 2.30. The summed E-state index contributed by atoms with van der Waals surface area (Å²) in [5, 5.41) is 0. The standard InChI is InChI=1S/C12H15F2N/c1-12(2)10(6-11(12)15)7-3-8(13)5-9(14)4-7/h3-5,10-11H,6,15H2,1-2H3. The van der Waals surface area contributed by atoms with E-state index in [1.807, 2.05) is 13.8 Å². The van der Waals surface area contributed by atoms with E-state index in [0.717, 1.165) is 18.1 Å². The lowest BCUT2D eigenvalue weighted by molar-refractivity contribution is 0.0979. The molecule has 0 aliphatic heterocycles. The molecule has 2 N–H and O–H groups in total. The van der Waals surface area contributed by atoms with Crippen molar-refractivity contribution in [2.24, 2.45) is 11.1 Å². The zero-order valence-electron chi connectivity index (χ0n) is 8.93. The minimum atomic E-state index is -0.513. The molecular formula is C12H15F2N. The first kappa shape index (κ1) is 10.6. The number of hydrogen-bond acceptors (Lipinski definition) is 1. The van der Waals surface area contributed by atoms with Crippen molar-refractivity contribution in [3.05, 3.63) is 35.4 Å². The SMILES string of the molecule is CC1(C)C(N)CC1c1cc(F)cc(F)c1. The molecule has 1 saturated carbocycles. The first-order valence-corrected chi connectivity index (χ1v) is 5.13. The first-order valence-electron chi connectivity index (χ1n) is 5.13. The Hall–Kier alpha value is -0.960. The average Bonchev–Trinajstić information content (AvgIpc) is 2.12. The largest absolute Gasteiger partial charge is 0.327 e. The van der Waals surface area contributed by atoms with Crippen molar-refractivity contribution in [2.75, 3.05) is 0 Å². The summed E-state index contributed by atoms with van der Waals surface area (Å²) in [6, 6.07) is 3.83. The second-order valence-electron chi connectivity index (χ2n) is 4.92. The molecule has 0 aromatic heterocycles. The van der Waals surface area contributed by atoms with Crippen LogP contribution >= 0.6 is 0 Å². The summed E-state index contributed by atoms with van der Waals surface area (Å²) in [7, 11) is 0. The first-order chi connectivity index (χ1) is 6.91. The lowest BCUT2D eigenvalue weighted by Crippen LogP contribution is -2.52. The van der Waals surface area contributed by atoms with Crippen molar-refractivity contribution in [1.29, 1.82) is 0 Å². The maximum Gasteiger partial charge on any atom is 0.126 e. The summed E-state index contributed by atoms with van der Waals surface area (Å²) in [5.41, 5.74) is 6.52. The van der Waals surface area contributed by atoms with Gasteiger partial charge >= 0.3 is 0 Å². The van der Waals surface area contributed by atoms with Gasteiger partial charge in [0.15, 0.2) is 0 Å². The van der Waals surface area contributed by atoms with Gasteiger partial charge in [0, 0.05) is 12.1 Å². The molecule has 0 saturated heterocycles. The molecule has 1 fully saturated rings. The fraction of sp³-hybridized carbons (Fsp3) is 0.500. The van der Waals surface area contributed by atoms with Crippen LogP contribution in [-0.2, 0) is 0 Å². The Morgan fingerprint density at radius 2 is 1.73 bits per heavy atom. The van der Waals surface area contributed by atoms with E-state index in [0.29, 0.717) is 0 Å². The highest BCUT2D eigenvalue weighted by atomic mass is 19.1. The molecule has 0 amide bonds. The van der Waals surface area contributed by atoms with Crippen LogP contribution in [0.2, 0.25) is 0 Å². The van der Waals surface area contributed by atoms with Crippen molar-refractivity contribution < 1.29 is 8.78 Å². The third-order valence-electron chi connectivity index (χ3n) is 3.63. The number of benzene rings is 1. The van der Waals surface area contributed by atoms with E-state index in [4.69, 9.17) is 5.73 Å². The topological polar surface area (TPSA) is 26.0 Å². The number of nitrogens with two attached hydrogens (primary N) is 1. The Bertz CT molecular complexity index is 367. The predicted octanol–water partition coefficient (Wildman–Crippen LogP) is 2.81. The number of halogens is 2. The van der Waals surface area contributed by atoms with Gasteiger partial charge in [0.25, 0.3) is 0 Å². The monoisotopic (exact) mass is 211 g/mol. The van der Waals surface area contributed by atoms with Crippen LogP contribution in [0.3, 0.4) is 0 Å². The molecule has 0 radical (unpaired) electrons. The molecule has 1 aromatic rings. The minimum absolute atomic E-state index is 0.0692. The second kappa shape index (κ2) is 3.27. The third kappa shape index (κ3) is 1.65. The molecule has 2 atom stereocenters. The average molecular weight is 211 g/mol. The summed E-state index contributed by atoms with van der Waals surface area (Å²) in [4.78, 5) is 0. The van der Waals surface area contributed by atoms with E-state index >= 15 is 0 Å². The maximum atomic E-state index is 13.0. The summed E-state index contributed by atoms with van der Waals surface area (Å²) in [5.74, 6) is -0.861. The number of rotatable bonds is 1. The van der Waals surface area contributed by atoms with Gasteiger partial charge in [0.2, 0.25) is 0 Å². The van der Waals surface area contributed by atoms with E-state index in [-0.39, 0.29) is 17.4 Å². The maximum absolute atomic E-state index is 13.0. The van der Waals surface area contributed by atoms with Crippen LogP contribution in [-0.4, -0.2) is 6.04 Å². The molecule has 0 spiro atoms. The Morgan fingerprint density at radius 1 is 1.20 bits per heavy atom. The van der Waals surface area contributed by atoms with Crippen molar-refractivity contribution in [2.45, 2.75) is 32.2 Å². The molecule has 0 bridgehead atoms. The molecule has 1 nitrogen and oxygen atoms in total. The van der Waals surface area contributed by atoms with Crippen molar-refractivity contribution in [3.8, 4) is 0 Å². The van der Waals surface area contributed by atoms with Crippen LogP contribution in [0, 0.1) is 17.0 Å². The van der Waals surface area contributed by atoms with E-state index in [1.54, 1.807) is 0 Å². The van der Waals surface area contributed by atoms with Gasteiger partial charge in [-0.2, -0.15) is 0 Å². The van der Waals surface area contributed by atoms with E-state index < -0.39 is 11.6 Å². The van der Waals surface area contributed by atoms with Crippen molar-refractivity contribution in [1.82, 2.24) is 0 Å². The Kier molecular flexibility index (Phi) is 2.30. The Balaban J connectivity index is 2.32. The lowest BCUT2D eigenvalue weighted by atomic mass is 9.57. The van der Waals surface area contributed by atoms with Gasteiger partial charge < -0.3 is 5.73 Å². The molecule has 82 valence electrons. The zero-order chi connectivity index (χ0) is 11.2. The molecule has 2 rings (SSSR count). The Labute approximate surface area is 88.3 Å². The van der Waals surface area contributed by atoms with Crippen LogP contribution < -0.4 is 5.73 Å². The molecule has 1 aliphatic carbocycles. The highest BCUT2D eigenvalue weighted by Crippen LogP contribution is 2.51. The lowest BCUT2D eigenvalue weighted by Gasteiger charge is -2.50. The summed E-state index contributed by atoms with van der Waals surface area (Å²) >= 11 is 0. The summed E-state index contributed by atoms with van der Waals surface area (Å²) in [6.45, 7) is 4.07. The van der Waals surface area contributed by atoms with Gasteiger partial charge in [0.05, 0.1) is 0 Å². The Morgan fingerprint density at radius 3 is 2.13 bits per heavy atom. The molecule has 0 heterocycles. The van der Waals surface area contributed by atoms with Gasteiger partial charge in [-0.3, -0.25) is 0 Å². The van der Waals surface area contributed by atoms with Crippen LogP contribution in [0.25, 0.3) is 0 Å². The predicted molar refractivity (Wildman–Crippen MR) is 55.5 cm³/mol. The van der Waals surface area contributed by atoms with E-state index in [2.05, 4.69) is 0 Å². The third-order valence-corrected chi connectivity index (χ3v) is 3.63. The quantitative estimate of drug-likeness (QED) is 0.759. The van der Waals surface area contributed by atoms with E-state index in [9.17, 15) is 8.78 Å². The normalized spacial score (nSPS) is 28.6. The van der Waals surface area contributed by atoms with Crippen LogP contribution in [0.15, 0.2) is 18.2 Å². The highest BCUT2D eigenvalue weighted by molar-refractivity contribution is 5.28. The van der Waals surface area contributed by atoms with Gasteiger partial charge in [-0.25, -0.2) is 8.78 Å². The van der Waals surface area contributed by atoms with Crippen LogP contribution in [0.5, 0.6) is 0 Å². The molecule has 2 unspecified atom stereocenters. The number of hydrogen-bond donors (Lipinski definition) is 1. The van der Waals surface area contributed by atoms with Gasteiger partial charge in [-0.1, -0.05) is 13.8 Å². The second-order valence-corrected chi connectivity index (χ2v) is 4.92. The fourth-order valence-electron chi connectivity index (χ4n) is 2.30. The van der Waals surface area contributed by atoms with Crippen molar-refractivity contribution in [3.63, 3.8) is 0 Å².